The van der Waals surface area contributed by atoms with Crippen LogP contribution >= 0.6 is 0 Å². The first-order valence-corrected chi connectivity index (χ1v) is 6.28. The lowest BCUT2D eigenvalue weighted by Crippen LogP contribution is -2.33. The van der Waals surface area contributed by atoms with Crippen molar-refractivity contribution in [2.75, 3.05) is 13.1 Å². The van der Waals surface area contributed by atoms with E-state index in [1.165, 1.54) is 5.56 Å². The Bertz CT molecular complexity index is 391. The highest BCUT2D eigenvalue weighted by atomic mass is 16.2. The molecule has 1 fully saturated rings. The fourth-order valence-electron chi connectivity index (χ4n) is 2.45. The molecular formula is C15H21NO. The van der Waals surface area contributed by atoms with Crippen molar-refractivity contribution in [2.45, 2.75) is 33.1 Å². The second-order valence-electron chi connectivity index (χ2n) is 6.15. The van der Waals surface area contributed by atoms with Crippen LogP contribution in [0, 0.1) is 5.41 Å². The summed E-state index contributed by atoms with van der Waals surface area (Å²) in [6, 6.07) is 10.4. The molecule has 2 nitrogen and oxygen atoms in total. The minimum absolute atomic E-state index is 0.182. The molecular weight excluding hydrogens is 210 g/mol. The number of amides is 1. The zero-order chi connectivity index (χ0) is 12.5. The summed E-state index contributed by atoms with van der Waals surface area (Å²) in [5.74, 6) is 0.680. The second kappa shape index (κ2) is 4.52. The van der Waals surface area contributed by atoms with Crippen molar-refractivity contribution in [3.8, 4) is 0 Å². The zero-order valence-corrected chi connectivity index (χ0v) is 10.9. The van der Waals surface area contributed by atoms with Gasteiger partial charge in [0, 0.05) is 25.4 Å². The standard InChI is InChI=1S/C15H21NO/c1-15(2,3)11-16-10-13(9-14(16)17)12-7-5-4-6-8-12/h4-8,13H,9-11H2,1-3H3. The van der Waals surface area contributed by atoms with Crippen LogP contribution in [-0.4, -0.2) is 23.9 Å². The van der Waals surface area contributed by atoms with E-state index in [0.717, 1.165) is 13.1 Å². The van der Waals surface area contributed by atoms with Gasteiger partial charge in [0.15, 0.2) is 0 Å². The van der Waals surface area contributed by atoms with Crippen LogP contribution < -0.4 is 0 Å². The molecule has 1 aromatic rings. The van der Waals surface area contributed by atoms with E-state index in [1.54, 1.807) is 0 Å². The van der Waals surface area contributed by atoms with Gasteiger partial charge in [-0.1, -0.05) is 51.1 Å². The van der Waals surface area contributed by atoms with Gasteiger partial charge in [0.25, 0.3) is 0 Å². The Hall–Kier alpha value is -1.31. The Morgan fingerprint density at radius 1 is 1.24 bits per heavy atom. The van der Waals surface area contributed by atoms with E-state index in [1.807, 2.05) is 23.1 Å². The van der Waals surface area contributed by atoms with Crippen molar-refractivity contribution in [2.24, 2.45) is 5.41 Å². The predicted molar refractivity (Wildman–Crippen MR) is 69.8 cm³/mol. The molecule has 1 saturated heterocycles. The smallest absolute Gasteiger partial charge is 0.223 e. The molecule has 1 unspecified atom stereocenters. The van der Waals surface area contributed by atoms with E-state index in [4.69, 9.17) is 0 Å². The van der Waals surface area contributed by atoms with Gasteiger partial charge in [0.1, 0.15) is 0 Å². The molecule has 0 aliphatic carbocycles. The van der Waals surface area contributed by atoms with Crippen molar-refractivity contribution >= 4 is 5.91 Å². The quantitative estimate of drug-likeness (QED) is 0.766. The summed E-state index contributed by atoms with van der Waals surface area (Å²) in [7, 11) is 0. The maximum absolute atomic E-state index is 12.0. The fourth-order valence-corrected chi connectivity index (χ4v) is 2.45. The lowest BCUT2D eigenvalue weighted by atomic mass is 9.96. The molecule has 0 radical (unpaired) electrons. The van der Waals surface area contributed by atoms with Gasteiger partial charge in [0.05, 0.1) is 0 Å². The van der Waals surface area contributed by atoms with Crippen LogP contribution in [0.2, 0.25) is 0 Å². The summed E-state index contributed by atoms with van der Waals surface area (Å²) in [6.07, 6.45) is 0.667. The maximum atomic E-state index is 12.0. The third-order valence-electron chi connectivity index (χ3n) is 3.15. The molecule has 1 atom stereocenters. The van der Waals surface area contributed by atoms with E-state index in [2.05, 4.69) is 32.9 Å². The number of carbonyl (C=O) groups excluding carboxylic acids is 1. The number of nitrogens with zero attached hydrogens (tertiary/aromatic N) is 1. The number of carbonyl (C=O) groups is 1. The zero-order valence-electron chi connectivity index (χ0n) is 10.9. The first-order valence-electron chi connectivity index (χ1n) is 6.28. The van der Waals surface area contributed by atoms with E-state index < -0.39 is 0 Å². The van der Waals surface area contributed by atoms with E-state index in [9.17, 15) is 4.79 Å². The molecule has 1 aliphatic heterocycles. The first-order chi connectivity index (χ1) is 7.96. The third kappa shape index (κ3) is 3.09. The molecule has 0 spiro atoms. The molecule has 17 heavy (non-hydrogen) atoms. The Labute approximate surface area is 104 Å². The average Bonchev–Trinajstić information content (AvgIpc) is 2.59. The van der Waals surface area contributed by atoms with E-state index in [-0.39, 0.29) is 5.41 Å². The van der Waals surface area contributed by atoms with Crippen LogP contribution in [0.1, 0.15) is 38.7 Å². The number of rotatable bonds is 2. The van der Waals surface area contributed by atoms with Gasteiger partial charge < -0.3 is 4.90 Å². The lowest BCUT2D eigenvalue weighted by Gasteiger charge is -2.26. The van der Waals surface area contributed by atoms with Crippen molar-refractivity contribution in [1.29, 1.82) is 0 Å². The summed E-state index contributed by atoms with van der Waals surface area (Å²) in [6.45, 7) is 8.26. The van der Waals surface area contributed by atoms with Crippen molar-refractivity contribution in [3.63, 3.8) is 0 Å². The van der Waals surface area contributed by atoms with E-state index in [0.29, 0.717) is 18.2 Å². The van der Waals surface area contributed by atoms with Crippen LogP contribution in [0.4, 0.5) is 0 Å². The van der Waals surface area contributed by atoms with Crippen molar-refractivity contribution in [3.05, 3.63) is 35.9 Å². The molecule has 1 amide bonds. The summed E-state index contributed by atoms with van der Waals surface area (Å²) in [5, 5.41) is 0. The first kappa shape index (κ1) is 12.2. The normalized spacial score (nSPS) is 21.0. The average molecular weight is 231 g/mol. The van der Waals surface area contributed by atoms with Gasteiger partial charge >= 0.3 is 0 Å². The Morgan fingerprint density at radius 2 is 1.88 bits per heavy atom. The Balaban J connectivity index is 2.05. The Morgan fingerprint density at radius 3 is 2.47 bits per heavy atom. The molecule has 1 aliphatic rings. The lowest BCUT2D eigenvalue weighted by molar-refractivity contribution is -0.128. The highest BCUT2D eigenvalue weighted by Crippen LogP contribution is 2.30. The van der Waals surface area contributed by atoms with Gasteiger partial charge in [-0.05, 0) is 11.0 Å². The number of hydrogen-bond donors (Lipinski definition) is 0. The molecule has 92 valence electrons. The highest BCUT2D eigenvalue weighted by Gasteiger charge is 2.32. The molecule has 1 heterocycles. The minimum atomic E-state index is 0.182. The largest absolute Gasteiger partial charge is 0.342 e. The van der Waals surface area contributed by atoms with Gasteiger partial charge in [-0.3, -0.25) is 4.79 Å². The van der Waals surface area contributed by atoms with Gasteiger partial charge in [-0.25, -0.2) is 0 Å². The second-order valence-corrected chi connectivity index (χ2v) is 6.15. The monoisotopic (exact) mass is 231 g/mol. The SMILES string of the molecule is CC(C)(C)CN1CC(c2ccccc2)CC1=O. The summed E-state index contributed by atoms with van der Waals surface area (Å²) in [5.41, 5.74) is 1.47. The third-order valence-corrected chi connectivity index (χ3v) is 3.15. The highest BCUT2D eigenvalue weighted by molar-refractivity contribution is 5.79. The molecule has 2 rings (SSSR count). The van der Waals surface area contributed by atoms with Crippen LogP contribution in [0.15, 0.2) is 30.3 Å². The minimum Gasteiger partial charge on any atom is -0.342 e. The van der Waals surface area contributed by atoms with Gasteiger partial charge in [-0.15, -0.1) is 0 Å². The van der Waals surface area contributed by atoms with Crippen LogP contribution in [0.25, 0.3) is 0 Å². The van der Waals surface area contributed by atoms with Crippen LogP contribution in [0.3, 0.4) is 0 Å². The molecule has 0 bridgehead atoms. The number of benzene rings is 1. The van der Waals surface area contributed by atoms with Gasteiger partial charge in [-0.2, -0.15) is 0 Å². The molecule has 0 N–H and O–H groups in total. The Kier molecular flexibility index (Phi) is 3.23. The number of hydrogen-bond acceptors (Lipinski definition) is 1. The molecule has 0 aromatic heterocycles. The molecule has 1 aromatic carbocycles. The topological polar surface area (TPSA) is 20.3 Å². The summed E-state index contributed by atoms with van der Waals surface area (Å²) in [4.78, 5) is 14.0. The van der Waals surface area contributed by atoms with Crippen LogP contribution in [-0.2, 0) is 4.79 Å². The van der Waals surface area contributed by atoms with Crippen molar-refractivity contribution < 1.29 is 4.79 Å². The number of likely N-dealkylation sites (tertiary alicyclic amines) is 1. The summed E-state index contributed by atoms with van der Waals surface area (Å²) >= 11 is 0. The van der Waals surface area contributed by atoms with Gasteiger partial charge in [0.2, 0.25) is 5.91 Å². The maximum Gasteiger partial charge on any atom is 0.223 e. The molecule has 0 saturated carbocycles. The predicted octanol–water partition coefficient (Wildman–Crippen LogP) is 3.05. The van der Waals surface area contributed by atoms with E-state index >= 15 is 0 Å². The molecule has 2 heteroatoms. The fraction of sp³-hybridized carbons (Fsp3) is 0.533. The van der Waals surface area contributed by atoms with Crippen LogP contribution in [0.5, 0.6) is 0 Å². The van der Waals surface area contributed by atoms with Crippen molar-refractivity contribution in [1.82, 2.24) is 4.90 Å². The summed E-state index contributed by atoms with van der Waals surface area (Å²) < 4.78 is 0.